The maximum absolute atomic E-state index is 12.7. The molecule has 2 aromatic carbocycles. The van der Waals surface area contributed by atoms with E-state index in [4.69, 9.17) is 13.9 Å². The molecule has 0 spiro atoms. The number of ether oxygens (including phenoxy) is 2. The number of esters is 1. The van der Waals surface area contributed by atoms with Crippen LogP contribution in [0.1, 0.15) is 140 Å². The fraction of sp³-hybridized carbons (Fsp3) is 0.595. The smallest absolute Gasteiger partial charge is 0.343 e. The van der Waals surface area contributed by atoms with Gasteiger partial charge in [-0.05, 0) is 61.4 Å². The molecule has 0 atom stereocenters. The van der Waals surface area contributed by atoms with Gasteiger partial charge in [0.25, 0.3) is 5.22 Å². The molecule has 0 saturated carbocycles. The Labute approximate surface area is 270 Å². The normalized spacial score (nSPS) is 11.1. The van der Waals surface area contributed by atoms with Crippen LogP contribution in [0.4, 0.5) is 0 Å². The van der Waals surface area contributed by atoms with E-state index in [1.165, 1.54) is 103 Å². The fourth-order valence-corrected chi connectivity index (χ4v) is 5.84. The van der Waals surface area contributed by atoms with Crippen molar-refractivity contribution in [3.05, 3.63) is 54.1 Å². The third kappa shape index (κ3) is 14.8. The van der Waals surface area contributed by atoms with Crippen LogP contribution in [-0.4, -0.2) is 28.5 Å². The Balaban J connectivity index is 1.29. The average molecular weight is 623 g/mol. The van der Waals surface area contributed by atoms with E-state index in [-0.39, 0.29) is 0 Å². The van der Waals surface area contributed by atoms with Crippen LogP contribution in [-0.2, 0) is 0 Å². The van der Waals surface area contributed by atoms with Crippen LogP contribution >= 0.6 is 11.8 Å². The first-order valence-electron chi connectivity index (χ1n) is 17.2. The maximum atomic E-state index is 12.7. The van der Waals surface area contributed by atoms with E-state index in [0.717, 1.165) is 29.9 Å². The molecule has 0 aliphatic heterocycles. The molecule has 1 heterocycles. The molecule has 3 rings (SSSR count). The van der Waals surface area contributed by atoms with Crippen molar-refractivity contribution in [3.8, 4) is 23.0 Å². The van der Waals surface area contributed by atoms with E-state index in [0.29, 0.717) is 29.0 Å². The summed E-state index contributed by atoms with van der Waals surface area (Å²) in [4.78, 5) is 12.7. The summed E-state index contributed by atoms with van der Waals surface area (Å²) in [7, 11) is 0. The number of benzene rings is 2. The number of carbonyl (C=O) groups excluding carboxylic acids is 1. The molecule has 0 unspecified atom stereocenters. The average Bonchev–Trinajstić information content (AvgIpc) is 3.52. The first kappa shape index (κ1) is 35.7. The topological polar surface area (TPSA) is 74.5 Å². The largest absolute Gasteiger partial charge is 0.494 e. The standard InChI is InChI=1S/C37H54N2O4S/c1-3-5-7-9-11-13-14-16-18-20-30-44-37-39-38-35(43-37)31-21-27-34(28-22-31)42-36(40)32-23-25-33(26-24-32)41-29-19-17-15-12-10-8-6-4-2/h21-28H,3-20,29-30H2,1-2H3. The molecule has 0 aliphatic carbocycles. The van der Waals surface area contributed by atoms with Crippen molar-refractivity contribution in [1.82, 2.24) is 10.2 Å². The Kier molecular flexibility index (Phi) is 18.4. The second kappa shape index (κ2) is 22.7. The molecule has 0 saturated heterocycles. The molecule has 6 nitrogen and oxygen atoms in total. The van der Waals surface area contributed by atoms with Gasteiger partial charge in [-0.2, -0.15) is 0 Å². The van der Waals surface area contributed by atoms with Gasteiger partial charge in [0.2, 0.25) is 5.89 Å². The zero-order chi connectivity index (χ0) is 31.1. The van der Waals surface area contributed by atoms with Gasteiger partial charge in [0.05, 0.1) is 12.2 Å². The SMILES string of the molecule is CCCCCCCCCCCCSc1nnc(-c2ccc(OC(=O)c3ccc(OCCCCCCCCCC)cc3)cc2)o1. The van der Waals surface area contributed by atoms with E-state index >= 15 is 0 Å². The van der Waals surface area contributed by atoms with Gasteiger partial charge < -0.3 is 13.9 Å². The molecular weight excluding hydrogens is 568 g/mol. The number of aromatic nitrogens is 2. The minimum atomic E-state index is -0.407. The second-order valence-electron chi connectivity index (χ2n) is 11.7. The summed E-state index contributed by atoms with van der Waals surface area (Å²) in [6.07, 6.45) is 23.4. The third-order valence-electron chi connectivity index (χ3n) is 7.80. The lowest BCUT2D eigenvalue weighted by atomic mass is 10.1. The molecule has 0 bridgehead atoms. The van der Waals surface area contributed by atoms with Crippen LogP contribution in [0.5, 0.6) is 11.5 Å². The van der Waals surface area contributed by atoms with Gasteiger partial charge in [0.1, 0.15) is 11.5 Å². The summed E-state index contributed by atoms with van der Waals surface area (Å²) in [5.41, 5.74) is 1.27. The monoisotopic (exact) mass is 622 g/mol. The number of unbranched alkanes of at least 4 members (excludes halogenated alkanes) is 16. The predicted octanol–water partition coefficient (Wildman–Crippen LogP) is 11.5. The number of carbonyl (C=O) groups is 1. The highest BCUT2D eigenvalue weighted by Crippen LogP contribution is 2.26. The lowest BCUT2D eigenvalue weighted by Crippen LogP contribution is -2.08. The number of nitrogens with zero attached hydrogens (tertiary/aromatic N) is 2. The van der Waals surface area contributed by atoms with Crippen molar-refractivity contribution in [1.29, 1.82) is 0 Å². The van der Waals surface area contributed by atoms with E-state index in [2.05, 4.69) is 24.0 Å². The zero-order valence-electron chi connectivity index (χ0n) is 27.2. The van der Waals surface area contributed by atoms with Crippen molar-refractivity contribution in [3.63, 3.8) is 0 Å². The van der Waals surface area contributed by atoms with E-state index in [1.54, 1.807) is 36.0 Å². The van der Waals surface area contributed by atoms with Crippen LogP contribution in [0.3, 0.4) is 0 Å². The minimum Gasteiger partial charge on any atom is -0.494 e. The van der Waals surface area contributed by atoms with E-state index < -0.39 is 5.97 Å². The Bertz CT molecular complexity index is 1150. The van der Waals surface area contributed by atoms with Gasteiger partial charge in [0.15, 0.2) is 0 Å². The summed E-state index contributed by atoms with van der Waals surface area (Å²) in [5.74, 6) is 2.28. The maximum Gasteiger partial charge on any atom is 0.343 e. The Hall–Kier alpha value is -2.80. The second-order valence-corrected chi connectivity index (χ2v) is 12.7. The highest BCUT2D eigenvalue weighted by Gasteiger charge is 2.12. The number of thioether (sulfide) groups is 1. The van der Waals surface area contributed by atoms with Crippen LogP contribution < -0.4 is 9.47 Å². The summed E-state index contributed by atoms with van der Waals surface area (Å²) >= 11 is 1.61. The van der Waals surface area contributed by atoms with Crippen molar-refractivity contribution < 1.29 is 18.7 Å². The molecule has 0 fully saturated rings. The molecule has 1 aromatic heterocycles. The number of hydrogen-bond donors (Lipinski definition) is 0. The molecule has 3 aromatic rings. The molecule has 7 heteroatoms. The Morgan fingerprint density at radius 3 is 1.75 bits per heavy atom. The van der Waals surface area contributed by atoms with Gasteiger partial charge in [0, 0.05) is 11.3 Å². The molecule has 0 N–H and O–H groups in total. The van der Waals surface area contributed by atoms with Crippen molar-refractivity contribution in [2.75, 3.05) is 12.4 Å². The molecule has 0 aliphatic rings. The van der Waals surface area contributed by atoms with Crippen molar-refractivity contribution in [2.24, 2.45) is 0 Å². The summed E-state index contributed by atoms with van der Waals surface area (Å²) < 4.78 is 17.3. The molecule has 0 radical (unpaired) electrons. The van der Waals surface area contributed by atoms with Crippen LogP contribution in [0, 0.1) is 0 Å². The van der Waals surface area contributed by atoms with Gasteiger partial charge in [-0.1, -0.05) is 128 Å². The van der Waals surface area contributed by atoms with E-state index in [9.17, 15) is 4.79 Å². The quantitative estimate of drug-likeness (QED) is 0.0403. The predicted molar refractivity (Wildman–Crippen MR) is 182 cm³/mol. The van der Waals surface area contributed by atoms with Crippen LogP contribution in [0.2, 0.25) is 0 Å². The van der Waals surface area contributed by atoms with Crippen molar-refractivity contribution in [2.45, 2.75) is 135 Å². The first-order valence-corrected chi connectivity index (χ1v) is 18.2. The Morgan fingerprint density at radius 1 is 0.636 bits per heavy atom. The summed E-state index contributed by atoms with van der Waals surface area (Å²) in [5, 5.41) is 8.98. The minimum absolute atomic E-state index is 0.407. The number of rotatable bonds is 25. The van der Waals surface area contributed by atoms with Gasteiger partial charge in [-0.25, -0.2) is 4.79 Å². The van der Waals surface area contributed by atoms with Gasteiger partial charge >= 0.3 is 5.97 Å². The highest BCUT2D eigenvalue weighted by molar-refractivity contribution is 7.99. The summed E-state index contributed by atoms with van der Waals surface area (Å²) in [6.45, 7) is 5.21. The Morgan fingerprint density at radius 2 is 1.16 bits per heavy atom. The molecular formula is C37H54N2O4S. The fourth-order valence-electron chi connectivity index (χ4n) is 5.08. The van der Waals surface area contributed by atoms with Gasteiger partial charge in [-0.3, -0.25) is 0 Å². The summed E-state index contributed by atoms with van der Waals surface area (Å²) in [6, 6.07) is 14.3. The van der Waals surface area contributed by atoms with Gasteiger partial charge in [-0.15, -0.1) is 10.2 Å². The van der Waals surface area contributed by atoms with Crippen molar-refractivity contribution >= 4 is 17.7 Å². The molecule has 44 heavy (non-hydrogen) atoms. The zero-order valence-corrected chi connectivity index (χ0v) is 28.0. The lowest BCUT2D eigenvalue weighted by Gasteiger charge is -2.08. The first-order chi connectivity index (χ1) is 21.7. The number of hydrogen-bond acceptors (Lipinski definition) is 7. The molecule has 242 valence electrons. The van der Waals surface area contributed by atoms with Crippen LogP contribution in [0.15, 0.2) is 58.2 Å². The molecule has 0 amide bonds. The highest BCUT2D eigenvalue weighted by atomic mass is 32.2. The lowest BCUT2D eigenvalue weighted by molar-refractivity contribution is 0.0734. The van der Waals surface area contributed by atoms with E-state index in [1.807, 2.05) is 24.3 Å². The van der Waals surface area contributed by atoms with Crippen LogP contribution in [0.25, 0.3) is 11.5 Å². The third-order valence-corrected chi connectivity index (χ3v) is 8.70.